The summed E-state index contributed by atoms with van der Waals surface area (Å²) in [6.07, 6.45) is -0.631. The molecule has 0 fully saturated rings. The van der Waals surface area contributed by atoms with Crippen LogP contribution in [0.15, 0.2) is 12.1 Å². The van der Waals surface area contributed by atoms with Crippen LogP contribution in [0, 0.1) is 0 Å². The van der Waals surface area contributed by atoms with Crippen LogP contribution in [-0.2, 0) is 0 Å². The van der Waals surface area contributed by atoms with Gasteiger partial charge in [0.15, 0.2) is 11.5 Å². The lowest BCUT2D eigenvalue weighted by Gasteiger charge is -2.19. The highest BCUT2D eigenvalue weighted by Gasteiger charge is 2.18. The summed E-state index contributed by atoms with van der Waals surface area (Å²) in [5.41, 5.74) is 0.671. The van der Waals surface area contributed by atoms with E-state index in [1.165, 1.54) is 0 Å². The van der Waals surface area contributed by atoms with Crippen molar-refractivity contribution in [2.75, 3.05) is 27.8 Å². The maximum Gasteiger partial charge on any atom is 0.165 e. The molecule has 0 bridgehead atoms. The summed E-state index contributed by atoms with van der Waals surface area (Å²) in [4.78, 5) is 0. The third kappa shape index (κ3) is 4.01. The molecule has 108 valence electrons. The summed E-state index contributed by atoms with van der Waals surface area (Å²) in [5.74, 6) is 1.77. The van der Waals surface area contributed by atoms with Crippen molar-refractivity contribution in [2.45, 2.75) is 26.1 Å². The predicted molar refractivity (Wildman–Crippen MR) is 74.2 cm³/mol. The minimum atomic E-state index is -0.665. The van der Waals surface area contributed by atoms with Gasteiger partial charge in [0.1, 0.15) is 5.75 Å². The first-order valence-corrected chi connectivity index (χ1v) is 6.28. The van der Waals surface area contributed by atoms with Crippen LogP contribution in [0.2, 0.25) is 0 Å². The van der Waals surface area contributed by atoms with Gasteiger partial charge in [0.2, 0.25) is 0 Å². The lowest BCUT2D eigenvalue weighted by molar-refractivity contribution is 0.172. The third-order valence-electron chi connectivity index (χ3n) is 2.64. The van der Waals surface area contributed by atoms with Gasteiger partial charge in [-0.1, -0.05) is 0 Å². The molecule has 0 heterocycles. The molecule has 1 aromatic carbocycles. The average Bonchev–Trinajstić information content (AvgIpc) is 2.37. The second-order valence-electron chi connectivity index (χ2n) is 4.49. The summed E-state index contributed by atoms with van der Waals surface area (Å²) in [5, 5.41) is 13.0. The molecule has 1 aromatic rings. The SMILES string of the molecule is CNCC(O)c1cc(OC)c(OC(C)C)cc1OC. The maximum absolute atomic E-state index is 10.1. The molecule has 1 rings (SSSR count). The summed E-state index contributed by atoms with van der Waals surface area (Å²) in [7, 11) is 4.92. The van der Waals surface area contributed by atoms with Gasteiger partial charge in [-0.2, -0.15) is 0 Å². The van der Waals surface area contributed by atoms with Gasteiger partial charge >= 0.3 is 0 Å². The molecule has 0 aliphatic rings. The molecular weight excluding hydrogens is 246 g/mol. The number of likely N-dealkylation sites (N-methyl/N-ethyl adjacent to an activating group) is 1. The number of benzene rings is 1. The fraction of sp³-hybridized carbons (Fsp3) is 0.571. The first kappa shape index (κ1) is 15.6. The minimum absolute atomic E-state index is 0.0340. The molecule has 0 aliphatic carbocycles. The van der Waals surface area contributed by atoms with E-state index in [0.29, 0.717) is 29.4 Å². The first-order valence-electron chi connectivity index (χ1n) is 6.28. The quantitative estimate of drug-likeness (QED) is 0.789. The fourth-order valence-electron chi connectivity index (χ4n) is 1.80. The fourth-order valence-corrected chi connectivity index (χ4v) is 1.80. The van der Waals surface area contributed by atoms with E-state index in [9.17, 15) is 5.11 Å². The first-order chi connectivity index (χ1) is 9.03. The second-order valence-corrected chi connectivity index (χ2v) is 4.49. The molecule has 0 spiro atoms. The summed E-state index contributed by atoms with van der Waals surface area (Å²) >= 11 is 0. The van der Waals surface area contributed by atoms with Crippen molar-refractivity contribution in [3.63, 3.8) is 0 Å². The lowest BCUT2D eigenvalue weighted by atomic mass is 10.1. The largest absolute Gasteiger partial charge is 0.496 e. The van der Waals surface area contributed by atoms with E-state index in [1.807, 2.05) is 13.8 Å². The molecule has 1 unspecified atom stereocenters. The van der Waals surface area contributed by atoms with Crippen LogP contribution >= 0.6 is 0 Å². The number of hydrogen-bond donors (Lipinski definition) is 2. The molecule has 0 radical (unpaired) electrons. The van der Waals surface area contributed by atoms with Crippen LogP contribution in [0.25, 0.3) is 0 Å². The van der Waals surface area contributed by atoms with Crippen molar-refractivity contribution >= 4 is 0 Å². The minimum Gasteiger partial charge on any atom is -0.496 e. The Morgan fingerprint density at radius 2 is 1.74 bits per heavy atom. The van der Waals surface area contributed by atoms with Gasteiger partial charge in [-0.15, -0.1) is 0 Å². The third-order valence-corrected chi connectivity index (χ3v) is 2.64. The molecule has 2 N–H and O–H groups in total. The average molecular weight is 269 g/mol. The maximum atomic E-state index is 10.1. The molecule has 0 aliphatic heterocycles. The number of methoxy groups -OCH3 is 2. The smallest absolute Gasteiger partial charge is 0.165 e. The van der Waals surface area contributed by atoms with Crippen LogP contribution in [-0.4, -0.2) is 39.0 Å². The topological polar surface area (TPSA) is 60.0 Å². The van der Waals surface area contributed by atoms with Crippen molar-refractivity contribution in [1.29, 1.82) is 0 Å². The van der Waals surface area contributed by atoms with Crippen molar-refractivity contribution in [2.24, 2.45) is 0 Å². The molecule has 0 saturated heterocycles. The van der Waals surface area contributed by atoms with E-state index in [-0.39, 0.29) is 6.10 Å². The second kappa shape index (κ2) is 7.21. The van der Waals surface area contributed by atoms with E-state index >= 15 is 0 Å². The van der Waals surface area contributed by atoms with Crippen molar-refractivity contribution in [3.05, 3.63) is 17.7 Å². The number of rotatable bonds is 7. The Kier molecular flexibility index (Phi) is 5.92. The normalized spacial score (nSPS) is 12.4. The number of ether oxygens (including phenoxy) is 3. The summed E-state index contributed by atoms with van der Waals surface area (Å²) in [6.45, 7) is 4.31. The molecule has 1 atom stereocenters. The van der Waals surface area contributed by atoms with Crippen LogP contribution in [0.3, 0.4) is 0 Å². The molecular formula is C14H23NO4. The standard InChI is InChI=1S/C14H23NO4/c1-9(2)19-14-7-12(17-4)10(6-13(14)18-5)11(16)8-15-3/h6-7,9,11,15-16H,8H2,1-5H3. The van der Waals surface area contributed by atoms with Gasteiger partial charge < -0.3 is 24.6 Å². The molecule has 5 heteroatoms. The van der Waals surface area contributed by atoms with E-state index < -0.39 is 6.10 Å². The number of hydrogen-bond acceptors (Lipinski definition) is 5. The Balaban J connectivity index is 3.18. The van der Waals surface area contributed by atoms with E-state index in [4.69, 9.17) is 14.2 Å². The van der Waals surface area contributed by atoms with E-state index in [2.05, 4.69) is 5.32 Å². The van der Waals surface area contributed by atoms with Gasteiger partial charge in [0, 0.05) is 18.2 Å². The van der Waals surface area contributed by atoms with E-state index in [0.717, 1.165) is 0 Å². The molecule has 5 nitrogen and oxygen atoms in total. The Hall–Kier alpha value is -1.46. The highest BCUT2D eigenvalue weighted by atomic mass is 16.5. The van der Waals surface area contributed by atoms with Gasteiger partial charge in [0.25, 0.3) is 0 Å². The van der Waals surface area contributed by atoms with Crippen LogP contribution in [0.4, 0.5) is 0 Å². The zero-order valence-electron chi connectivity index (χ0n) is 12.2. The monoisotopic (exact) mass is 269 g/mol. The lowest BCUT2D eigenvalue weighted by Crippen LogP contribution is -2.17. The van der Waals surface area contributed by atoms with Crippen molar-refractivity contribution in [3.8, 4) is 17.2 Å². The Morgan fingerprint density at radius 3 is 2.21 bits per heavy atom. The Bertz CT molecular complexity index is 407. The van der Waals surface area contributed by atoms with Crippen LogP contribution < -0.4 is 19.5 Å². The van der Waals surface area contributed by atoms with Crippen molar-refractivity contribution in [1.82, 2.24) is 5.32 Å². The zero-order chi connectivity index (χ0) is 14.4. The number of aliphatic hydroxyl groups excluding tert-OH is 1. The molecule has 0 amide bonds. The summed E-state index contributed by atoms with van der Waals surface area (Å²) < 4.78 is 16.3. The van der Waals surface area contributed by atoms with Gasteiger partial charge in [-0.3, -0.25) is 0 Å². The van der Waals surface area contributed by atoms with Crippen molar-refractivity contribution < 1.29 is 19.3 Å². The Morgan fingerprint density at radius 1 is 1.11 bits per heavy atom. The predicted octanol–water partition coefficient (Wildman–Crippen LogP) is 1.74. The summed E-state index contributed by atoms with van der Waals surface area (Å²) in [6, 6.07) is 3.49. The van der Waals surface area contributed by atoms with Gasteiger partial charge in [0.05, 0.1) is 26.4 Å². The number of aliphatic hydroxyl groups is 1. The van der Waals surface area contributed by atoms with Crippen LogP contribution in [0.1, 0.15) is 25.5 Å². The molecule has 0 aromatic heterocycles. The van der Waals surface area contributed by atoms with E-state index in [1.54, 1.807) is 33.4 Å². The highest BCUT2D eigenvalue weighted by molar-refractivity contribution is 5.51. The molecule has 19 heavy (non-hydrogen) atoms. The van der Waals surface area contributed by atoms with Gasteiger partial charge in [-0.25, -0.2) is 0 Å². The Labute approximate surface area is 114 Å². The van der Waals surface area contributed by atoms with Gasteiger partial charge in [-0.05, 0) is 27.0 Å². The highest BCUT2D eigenvalue weighted by Crippen LogP contribution is 2.37. The zero-order valence-corrected chi connectivity index (χ0v) is 12.2. The molecule has 0 saturated carbocycles. The van der Waals surface area contributed by atoms with Crippen LogP contribution in [0.5, 0.6) is 17.2 Å². The number of nitrogens with one attached hydrogen (secondary N) is 1.